The molecule has 0 N–H and O–H groups in total. The highest BCUT2D eigenvalue weighted by molar-refractivity contribution is 7.11. The molecule has 6 heteroatoms. The Bertz CT molecular complexity index is 781. The van der Waals surface area contributed by atoms with Crippen molar-refractivity contribution in [2.45, 2.75) is 52.1 Å². The predicted molar refractivity (Wildman–Crippen MR) is 105 cm³/mol. The van der Waals surface area contributed by atoms with Crippen molar-refractivity contribution in [3.63, 3.8) is 0 Å². The summed E-state index contributed by atoms with van der Waals surface area (Å²) < 4.78 is 1.95. The smallest absolute Gasteiger partial charge is 0.272 e. The summed E-state index contributed by atoms with van der Waals surface area (Å²) in [5.74, 6) is 0.581. The molecule has 0 saturated carbocycles. The second-order valence-electron chi connectivity index (χ2n) is 7.50. The minimum Gasteiger partial charge on any atom is -0.338 e. The number of fused-ring (bicyclic) bond motifs is 1. The van der Waals surface area contributed by atoms with Crippen LogP contribution in [0.3, 0.4) is 0 Å². The maximum atomic E-state index is 12.7. The van der Waals surface area contributed by atoms with E-state index in [-0.39, 0.29) is 5.91 Å². The molecule has 0 radical (unpaired) electrons. The van der Waals surface area contributed by atoms with E-state index in [0.717, 1.165) is 57.1 Å². The molecule has 140 valence electrons. The van der Waals surface area contributed by atoms with Crippen LogP contribution in [0.25, 0.3) is 0 Å². The van der Waals surface area contributed by atoms with Crippen LogP contribution < -0.4 is 0 Å². The number of rotatable bonds is 4. The van der Waals surface area contributed by atoms with Gasteiger partial charge in [-0.05, 0) is 57.9 Å². The van der Waals surface area contributed by atoms with Crippen molar-refractivity contribution in [3.8, 4) is 0 Å². The molecule has 2 aliphatic rings. The highest BCUT2D eigenvalue weighted by atomic mass is 32.1. The van der Waals surface area contributed by atoms with Crippen molar-refractivity contribution in [1.29, 1.82) is 0 Å². The Morgan fingerprint density at radius 2 is 2.12 bits per heavy atom. The first-order valence-electron chi connectivity index (χ1n) is 9.78. The van der Waals surface area contributed by atoms with Crippen molar-refractivity contribution in [3.05, 3.63) is 39.3 Å². The molecule has 1 fully saturated rings. The predicted octanol–water partition coefficient (Wildman–Crippen LogP) is 3.50. The van der Waals surface area contributed by atoms with Gasteiger partial charge in [-0.25, -0.2) is 0 Å². The van der Waals surface area contributed by atoms with Crippen LogP contribution in [0.1, 0.15) is 58.0 Å². The molecule has 1 unspecified atom stereocenters. The molecular weight excluding hydrogens is 344 g/mol. The second kappa shape index (κ2) is 7.53. The van der Waals surface area contributed by atoms with Gasteiger partial charge in [0.15, 0.2) is 0 Å². The van der Waals surface area contributed by atoms with E-state index in [0.29, 0.717) is 5.92 Å². The molecule has 4 rings (SSSR count). The number of aromatic nitrogens is 2. The van der Waals surface area contributed by atoms with Gasteiger partial charge in [0.25, 0.3) is 5.91 Å². The molecule has 2 aliphatic heterocycles. The van der Waals surface area contributed by atoms with Gasteiger partial charge >= 0.3 is 0 Å². The van der Waals surface area contributed by atoms with Gasteiger partial charge < -0.3 is 4.90 Å². The third kappa shape index (κ3) is 3.58. The van der Waals surface area contributed by atoms with E-state index >= 15 is 0 Å². The quantitative estimate of drug-likeness (QED) is 0.825. The van der Waals surface area contributed by atoms with Crippen LogP contribution in [0.5, 0.6) is 0 Å². The Balaban J connectivity index is 1.49. The fraction of sp³-hybridized carbons (Fsp3) is 0.600. The molecule has 1 saturated heterocycles. The highest BCUT2D eigenvalue weighted by Gasteiger charge is 2.28. The van der Waals surface area contributed by atoms with Crippen LogP contribution in [0.15, 0.2) is 18.2 Å². The lowest BCUT2D eigenvalue weighted by atomic mass is 9.94. The fourth-order valence-corrected chi connectivity index (χ4v) is 5.12. The number of carbonyl (C=O) groups excluding carboxylic acids is 1. The van der Waals surface area contributed by atoms with Crippen molar-refractivity contribution < 1.29 is 4.79 Å². The summed E-state index contributed by atoms with van der Waals surface area (Å²) in [7, 11) is 0. The van der Waals surface area contributed by atoms with Crippen molar-refractivity contribution in [1.82, 2.24) is 19.6 Å². The normalized spacial score (nSPS) is 21.7. The number of hydrogen-bond donors (Lipinski definition) is 0. The zero-order valence-corrected chi connectivity index (χ0v) is 16.6. The lowest BCUT2D eigenvalue weighted by Gasteiger charge is -2.31. The van der Waals surface area contributed by atoms with Gasteiger partial charge in [-0.3, -0.25) is 14.4 Å². The molecule has 2 aromatic heterocycles. The third-order valence-corrected chi connectivity index (χ3v) is 6.57. The lowest BCUT2D eigenvalue weighted by molar-refractivity contribution is 0.0766. The molecule has 1 amide bonds. The van der Waals surface area contributed by atoms with E-state index in [4.69, 9.17) is 5.10 Å². The average molecular weight is 373 g/mol. The Labute approximate surface area is 159 Å². The summed E-state index contributed by atoms with van der Waals surface area (Å²) >= 11 is 1.89. The largest absolute Gasteiger partial charge is 0.338 e. The lowest BCUT2D eigenvalue weighted by Crippen LogP contribution is -2.33. The van der Waals surface area contributed by atoms with Gasteiger partial charge in [-0.1, -0.05) is 0 Å². The minimum atomic E-state index is 0.144. The first-order valence-corrected chi connectivity index (χ1v) is 10.6. The average Bonchev–Trinajstić information content (AvgIpc) is 3.21. The van der Waals surface area contributed by atoms with Crippen molar-refractivity contribution in [2.24, 2.45) is 0 Å². The maximum absolute atomic E-state index is 12.7. The molecule has 26 heavy (non-hydrogen) atoms. The van der Waals surface area contributed by atoms with Crippen LogP contribution in [0.4, 0.5) is 0 Å². The van der Waals surface area contributed by atoms with Gasteiger partial charge in [0.1, 0.15) is 5.69 Å². The first kappa shape index (κ1) is 17.7. The maximum Gasteiger partial charge on any atom is 0.272 e. The Morgan fingerprint density at radius 1 is 1.23 bits per heavy atom. The summed E-state index contributed by atoms with van der Waals surface area (Å²) in [4.78, 5) is 20.0. The van der Waals surface area contributed by atoms with E-state index in [9.17, 15) is 4.79 Å². The molecule has 0 aliphatic carbocycles. The van der Waals surface area contributed by atoms with Crippen LogP contribution in [0, 0.1) is 6.92 Å². The number of aryl methyl sites for hydroxylation is 2. The molecule has 1 atom stereocenters. The van der Waals surface area contributed by atoms with Crippen LogP contribution in [0.2, 0.25) is 0 Å². The molecule has 5 nitrogen and oxygen atoms in total. The van der Waals surface area contributed by atoms with Crippen LogP contribution >= 0.6 is 11.3 Å². The Kier molecular flexibility index (Phi) is 5.14. The fourth-order valence-electron chi connectivity index (χ4n) is 4.19. The van der Waals surface area contributed by atoms with Crippen molar-refractivity contribution >= 4 is 17.2 Å². The zero-order chi connectivity index (χ0) is 18.1. The van der Waals surface area contributed by atoms with E-state index in [2.05, 4.69) is 36.9 Å². The molecular formula is C20H28N4OS. The number of carbonyl (C=O) groups is 1. The summed E-state index contributed by atoms with van der Waals surface area (Å²) in [5, 5.41) is 4.84. The Morgan fingerprint density at radius 3 is 2.88 bits per heavy atom. The van der Waals surface area contributed by atoms with Gasteiger partial charge in [-0.15, -0.1) is 11.3 Å². The summed E-state index contributed by atoms with van der Waals surface area (Å²) in [6.07, 6.45) is 3.36. The summed E-state index contributed by atoms with van der Waals surface area (Å²) in [6, 6.07) is 6.53. The van der Waals surface area contributed by atoms with Crippen molar-refractivity contribution in [2.75, 3.05) is 26.2 Å². The van der Waals surface area contributed by atoms with E-state index < -0.39 is 0 Å². The molecule has 0 aromatic carbocycles. The number of amides is 1. The van der Waals surface area contributed by atoms with Gasteiger partial charge in [0.05, 0.1) is 5.69 Å². The van der Waals surface area contributed by atoms with E-state index in [1.807, 2.05) is 20.9 Å². The number of nitrogens with zero attached hydrogens (tertiary/aromatic N) is 4. The SMILES string of the molecule is CCN1CCCn2nc(C3CCCN(Cc4ccc(C)s4)C3)cc2C1=O. The van der Waals surface area contributed by atoms with E-state index in [1.165, 1.54) is 22.6 Å². The summed E-state index contributed by atoms with van der Waals surface area (Å²) in [6.45, 7) is 9.91. The molecule has 4 heterocycles. The molecule has 2 aromatic rings. The monoisotopic (exact) mass is 372 g/mol. The van der Waals surface area contributed by atoms with Crippen LogP contribution in [-0.4, -0.2) is 51.7 Å². The minimum absolute atomic E-state index is 0.144. The van der Waals surface area contributed by atoms with Gasteiger partial charge in [-0.2, -0.15) is 5.10 Å². The van der Waals surface area contributed by atoms with Gasteiger partial charge in [0, 0.05) is 48.4 Å². The topological polar surface area (TPSA) is 41.4 Å². The second-order valence-corrected chi connectivity index (χ2v) is 8.88. The number of likely N-dealkylation sites (tertiary alicyclic amines) is 1. The molecule has 0 bridgehead atoms. The highest BCUT2D eigenvalue weighted by Crippen LogP contribution is 2.29. The third-order valence-electron chi connectivity index (χ3n) is 5.58. The van der Waals surface area contributed by atoms with Gasteiger partial charge in [0.2, 0.25) is 0 Å². The number of hydrogen-bond acceptors (Lipinski definition) is 4. The Hall–Kier alpha value is -1.66. The standard InChI is InChI=1S/C20H28N4OS/c1-3-23-10-5-11-24-19(20(23)25)12-18(21-24)16-6-4-9-22(13-16)14-17-8-7-15(2)26-17/h7-8,12,16H,3-6,9-11,13-14H2,1-2H3. The summed E-state index contributed by atoms with van der Waals surface area (Å²) in [5.41, 5.74) is 1.89. The zero-order valence-electron chi connectivity index (χ0n) is 15.8. The number of thiophene rings is 1. The van der Waals surface area contributed by atoms with Crippen LogP contribution in [-0.2, 0) is 13.1 Å². The van der Waals surface area contributed by atoms with E-state index in [1.54, 1.807) is 0 Å². The molecule has 0 spiro atoms. The number of piperidine rings is 1. The first-order chi connectivity index (χ1) is 12.6.